The van der Waals surface area contributed by atoms with Crippen molar-refractivity contribution in [3.63, 3.8) is 0 Å². The van der Waals surface area contributed by atoms with Crippen molar-refractivity contribution >= 4 is 23.5 Å². The van der Waals surface area contributed by atoms with Gasteiger partial charge < -0.3 is 24.3 Å². The summed E-state index contributed by atoms with van der Waals surface area (Å²) in [4.78, 5) is 38.7. The largest absolute Gasteiger partial charge is 0.496 e. The highest BCUT2D eigenvalue weighted by molar-refractivity contribution is 6.07. The van der Waals surface area contributed by atoms with Crippen LogP contribution in [0.25, 0.3) is 0 Å². The van der Waals surface area contributed by atoms with Gasteiger partial charge in [0.15, 0.2) is 0 Å². The molecule has 0 spiro atoms. The van der Waals surface area contributed by atoms with E-state index >= 15 is 0 Å². The summed E-state index contributed by atoms with van der Waals surface area (Å²) in [5.41, 5.74) is 1.53. The number of rotatable bonds is 12. The molecule has 1 N–H and O–H groups in total. The molecule has 9 nitrogen and oxygen atoms in total. The van der Waals surface area contributed by atoms with Gasteiger partial charge >= 0.3 is 24.0 Å². The number of hydrogen-bond donors (Lipinski definition) is 1. The van der Waals surface area contributed by atoms with Crippen LogP contribution in [0, 0.1) is 6.92 Å². The average Bonchev–Trinajstić information content (AvgIpc) is 3.29. The van der Waals surface area contributed by atoms with Gasteiger partial charge in [-0.25, -0.2) is 4.79 Å². The molecule has 0 bridgehead atoms. The number of esters is 2. The van der Waals surface area contributed by atoms with E-state index in [0.717, 1.165) is 51.3 Å². The van der Waals surface area contributed by atoms with E-state index in [1.54, 1.807) is 19.9 Å². The standard InChI is InChI=1S/C27H35F3N2O7/c1-17(7-9-21(33)38-13-5-4-10-32-11-14-37-15-12-32)6-8-19-23(31-26(35)27(28,29)30)22-20(16-39-25(22)34)18(2)24(19)36-3/h6H,4-5,7-16H2,1-3H3,(H,31,35)/b17-6+. The van der Waals surface area contributed by atoms with Gasteiger partial charge in [0.05, 0.1) is 38.2 Å². The molecule has 1 fully saturated rings. The van der Waals surface area contributed by atoms with Gasteiger partial charge in [-0.2, -0.15) is 13.2 Å². The van der Waals surface area contributed by atoms with Crippen molar-refractivity contribution in [3.8, 4) is 5.75 Å². The van der Waals surface area contributed by atoms with Crippen molar-refractivity contribution in [2.75, 3.05) is 51.9 Å². The molecule has 3 rings (SSSR count). The lowest BCUT2D eigenvalue weighted by Gasteiger charge is -2.26. The number of unbranched alkanes of at least 4 members (excludes halogenated alkanes) is 1. The number of cyclic esters (lactones) is 1. The van der Waals surface area contributed by atoms with E-state index in [0.29, 0.717) is 24.2 Å². The summed E-state index contributed by atoms with van der Waals surface area (Å²) < 4.78 is 60.3. The fourth-order valence-corrected chi connectivity index (χ4v) is 4.57. The Morgan fingerprint density at radius 3 is 2.54 bits per heavy atom. The van der Waals surface area contributed by atoms with E-state index in [-0.39, 0.29) is 48.0 Å². The number of alkyl halides is 3. The van der Waals surface area contributed by atoms with Crippen LogP contribution in [0.5, 0.6) is 5.75 Å². The number of hydrogen-bond acceptors (Lipinski definition) is 8. The van der Waals surface area contributed by atoms with Gasteiger partial charge in [-0.05, 0) is 51.6 Å². The SMILES string of the molecule is COc1c(C)c2c(c(NC(=O)C(F)(F)F)c1C/C=C(\C)CCC(=O)OCCCCN1CCOCC1)C(=O)OC2. The van der Waals surface area contributed by atoms with Crippen molar-refractivity contribution in [1.29, 1.82) is 0 Å². The Kier molecular flexibility index (Phi) is 10.8. The van der Waals surface area contributed by atoms with E-state index in [1.807, 2.05) is 5.32 Å². The molecule has 2 heterocycles. The normalized spacial score (nSPS) is 16.1. The molecule has 39 heavy (non-hydrogen) atoms. The van der Waals surface area contributed by atoms with Crippen LogP contribution in [0.3, 0.4) is 0 Å². The minimum Gasteiger partial charge on any atom is -0.496 e. The highest BCUT2D eigenvalue weighted by atomic mass is 19.4. The third-order valence-electron chi connectivity index (χ3n) is 6.79. The minimum absolute atomic E-state index is 0.0560. The highest BCUT2D eigenvalue weighted by Gasteiger charge is 2.41. The van der Waals surface area contributed by atoms with Gasteiger partial charge in [0.2, 0.25) is 0 Å². The summed E-state index contributed by atoms with van der Waals surface area (Å²) in [6.07, 6.45) is -1.15. The summed E-state index contributed by atoms with van der Waals surface area (Å²) in [5, 5.41) is 1.85. The quantitative estimate of drug-likeness (QED) is 0.233. The van der Waals surface area contributed by atoms with Crippen LogP contribution < -0.4 is 10.1 Å². The first-order valence-corrected chi connectivity index (χ1v) is 12.9. The summed E-state index contributed by atoms with van der Waals surface area (Å²) >= 11 is 0. The zero-order chi connectivity index (χ0) is 28.6. The first-order chi connectivity index (χ1) is 18.5. The second kappa shape index (κ2) is 13.8. The zero-order valence-corrected chi connectivity index (χ0v) is 22.5. The molecule has 0 saturated carbocycles. The lowest BCUT2D eigenvalue weighted by Crippen LogP contribution is -2.36. The lowest BCUT2D eigenvalue weighted by atomic mass is 9.93. The highest BCUT2D eigenvalue weighted by Crippen LogP contribution is 2.42. The predicted molar refractivity (Wildman–Crippen MR) is 136 cm³/mol. The maximum Gasteiger partial charge on any atom is 0.471 e. The van der Waals surface area contributed by atoms with Gasteiger partial charge in [0, 0.05) is 30.6 Å². The van der Waals surface area contributed by atoms with Crippen LogP contribution in [0.2, 0.25) is 0 Å². The van der Waals surface area contributed by atoms with Gasteiger partial charge in [0.1, 0.15) is 12.4 Å². The van der Waals surface area contributed by atoms with Crippen LogP contribution in [-0.4, -0.2) is 75.5 Å². The van der Waals surface area contributed by atoms with Crippen LogP contribution in [-0.2, 0) is 36.8 Å². The van der Waals surface area contributed by atoms with Crippen LogP contribution in [0.4, 0.5) is 18.9 Å². The maximum atomic E-state index is 13.1. The van der Waals surface area contributed by atoms with Crippen molar-refractivity contribution < 1.29 is 46.5 Å². The number of ether oxygens (including phenoxy) is 4. The van der Waals surface area contributed by atoms with Crippen LogP contribution >= 0.6 is 0 Å². The van der Waals surface area contributed by atoms with E-state index < -0.39 is 18.1 Å². The molecule has 216 valence electrons. The van der Waals surface area contributed by atoms with Crippen LogP contribution in [0.15, 0.2) is 11.6 Å². The molecular weight excluding hydrogens is 521 g/mol. The number of fused-ring (bicyclic) bond motifs is 1. The fourth-order valence-electron chi connectivity index (χ4n) is 4.57. The number of nitrogens with one attached hydrogen (secondary N) is 1. The molecule has 0 radical (unpaired) electrons. The maximum absolute atomic E-state index is 13.1. The van der Waals surface area contributed by atoms with Crippen molar-refractivity contribution in [3.05, 3.63) is 33.9 Å². The Morgan fingerprint density at radius 1 is 1.15 bits per heavy atom. The summed E-state index contributed by atoms with van der Waals surface area (Å²) in [6.45, 7) is 7.94. The Hall–Kier alpha value is -3.12. The first-order valence-electron chi connectivity index (χ1n) is 12.9. The van der Waals surface area contributed by atoms with Crippen LogP contribution in [0.1, 0.15) is 59.7 Å². The third kappa shape index (κ3) is 8.18. The topological polar surface area (TPSA) is 103 Å². The number of nitrogens with zero attached hydrogens (tertiary/aromatic N) is 1. The van der Waals surface area contributed by atoms with Crippen molar-refractivity contribution in [2.45, 2.75) is 58.7 Å². The number of amides is 1. The number of anilines is 1. The number of carbonyl (C=O) groups is 3. The molecule has 12 heteroatoms. The number of carbonyl (C=O) groups excluding carboxylic acids is 3. The number of halogens is 3. The molecule has 1 aromatic rings. The molecule has 1 amide bonds. The first kappa shape index (κ1) is 30.4. The van der Waals surface area contributed by atoms with Crippen molar-refractivity contribution in [2.24, 2.45) is 0 Å². The molecule has 2 aliphatic rings. The second-order valence-corrected chi connectivity index (χ2v) is 9.53. The molecule has 0 aliphatic carbocycles. The fraction of sp³-hybridized carbons (Fsp3) is 0.593. The Balaban J connectivity index is 1.61. The van der Waals surface area contributed by atoms with Gasteiger partial charge in [-0.1, -0.05) is 11.6 Å². The van der Waals surface area contributed by atoms with Gasteiger partial charge in [-0.15, -0.1) is 0 Å². The van der Waals surface area contributed by atoms with Gasteiger partial charge in [-0.3, -0.25) is 14.5 Å². The van der Waals surface area contributed by atoms with E-state index in [1.165, 1.54) is 7.11 Å². The number of benzene rings is 1. The van der Waals surface area contributed by atoms with E-state index in [9.17, 15) is 27.6 Å². The number of methoxy groups -OCH3 is 1. The lowest BCUT2D eigenvalue weighted by molar-refractivity contribution is -0.167. The molecule has 2 aliphatic heterocycles. The molecule has 1 aromatic carbocycles. The number of allylic oxidation sites excluding steroid dienone is 2. The van der Waals surface area contributed by atoms with Gasteiger partial charge in [0.25, 0.3) is 0 Å². The summed E-state index contributed by atoms with van der Waals surface area (Å²) in [6, 6.07) is 0. The zero-order valence-electron chi connectivity index (χ0n) is 22.5. The molecular formula is C27H35F3N2O7. The Labute approximate surface area is 225 Å². The monoisotopic (exact) mass is 556 g/mol. The van der Waals surface area contributed by atoms with E-state index in [2.05, 4.69) is 4.90 Å². The molecule has 0 aromatic heterocycles. The summed E-state index contributed by atoms with van der Waals surface area (Å²) in [7, 11) is 1.36. The molecule has 0 unspecified atom stereocenters. The third-order valence-corrected chi connectivity index (χ3v) is 6.79. The minimum atomic E-state index is -5.15. The average molecular weight is 557 g/mol. The number of morpholine rings is 1. The molecule has 0 atom stereocenters. The van der Waals surface area contributed by atoms with Crippen molar-refractivity contribution in [1.82, 2.24) is 4.90 Å². The molecule has 1 saturated heterocycles. The summed E-state index contributed by atoms with van der Waals surface area (Å²) in [5.74, 6) is -3.10. The van der Waals surface area contributed by atoms with E-state index in [4.69, 9.17) is 18.9 Å². The Morgan fingerprint density at radius 2 is 1.87 bits per heavy atom. The smallest absolute Gasteiger partial charge is 0.471 e. The second-order valence-electron chi connectivity index (χ2n) is 9.53. The predicted octanol–water partition coefficient (Wildman–Crippen LogP) is 4.10. The Bertz CT molecular complexity index is 1100.